The van der Waals surface area contributed by atoms with Crippen LogP contribution >= 0.6 is 0 Å². The van der Waals surface area contributed by atoms with Crippen LogP contribution in [0, 0.1) is 5.92 Å². The number of carbonyl (C=O) groups excluding carboxylic acids is 3. The monoisotopic (exact) mass is 411 g/mol. The number of benzene rings is 1. The standard InChI is InChI=1S/C23H29N3O4/c1-3-16(2)20(23(29)26-13-7-4-8-14-26)25-21(27)17-10-5-6-11-18(17)24-22(28)19-12-9-15-30-19/h5-6,9-12,15-16,20H,3-4,7-8,13-14H2,1-2H3,(H,24,28)(H,25,27)/t16-,20+/m1/s1. The summed E-state index contributed by atoms with van der Waals surface area (Å²) in [7, 11) is 0. The number of anilines is 1. The lowest BCUT2D eigenvalue weighted by molar-refractivity contribution is -0.135. The molecule has 3 amide bonds. The molecule has 2 heterocycles. The summed E-state index contributed by atoms with van der Waals surface area (Å²) in [6.07, 6.45) is 5.30. The first-order chi connectivity index (χ1) is 14.5. The van der Waals surface area contributed by atoms with Crippen LogP contribution < -0.4 is 10.6 Å². The Bertz CT molecular complexity index is 872. The molecule has 1 saturated heterocycles. The van der Waals surface area contributed by atoms with Gasteiger partial charge in [-0.2, -0.15) is 0 Å². The predicted molar refractivity (Wildman–Crippen MR) is 114 cm³/mol. The van der Waals surface area contributed by atoms with E-state index < -0.39 is 11.9 Å². The second-order valence-corrected chi connectivity index (χ2v) is 7.70. The third-order valence-corrected chi connectivity index (χ3v) is 5.60. The van der Waals surface area contributed by atoms with Crippen LogP contribution in [0.15, 0.2) is 47.1 Å². The molecule has 1 aromatic heterocycles. The molecule has 0 unspecified atom stereocenters. The number of para-hydroxylation sites is 1. The van der Waals surface area contributed by atoms with Crippen molar-refractivity contribution in [2.45, 2.75) is 45.6 Å². The SMILES string of the molecule is CC[C@@H](C)[C@H](NC(=O)c1ccccc1NC(=O)c1ccco1)C(=O)N1CCCCC1. The number of hydrogen-bond donors (Lipinski definition) is 2. The topological polar surface area (TPSA) is 91.6 Å². The highest BCUT2D eigenvalue weighted by Gasteiger charge is 2.31. The van der Waals surface area contributed by atoms with Gasteiger partial charge in [0.1, 0.15) is 6.04 Å². The molecule has 0 spiro atoms. The first-order valence-corrected chi connectivity index (χ1v) is 10.5. The van der Waals surface area contributed by atoms with Crippen molar-refractivity contribution in [2.75, 3.05) is 18.4 Å². The van der Waals surface area contributed by atoms with Gasteiger partial charge in [0.15, 0.2) is 5.76 Å². The first kappa shape index (κ1) is 21.6. The Morgan fingerprint density at radius 3 is 2.43 bits per heavy atom. The van der Waals surface area contributed by atoms with E-state index in [1.807, 2.05) is 18.7 Å². The molecule has 2 N–H and O–H groups in total. The zero-order valence-corrected chi connectivity index (χ0v) is 17.5. The zero-order valence-electron chi connectivity index (χ0n) is 17.5. The highest BCUT2D eigenvalue weighted by atomic mass is 16.3. The Balaban J connectivity index is 1.77. The van der Waals surface area contributed by atoms with E-state index in [0.29, 0.717) is 11.3 Å². The van der Waals surface area contributed by atoms with Gasteiger partial charge in [-0.25, -0.2) is 0 Å². The van der Waals surface area contributed by atoms with Crippen molar-refractivity contribution in [3.63, 3.8) is 0 Å². The average molecular weight is 412 g/mol. The normalized spacial score (nSPS) is 15.9. The van der Waals surface area contributed by atoms with Crippen LogP contribution in [0.1, 0.15) is 60.4 Å². The lowest BCUT2D eigenvalue weighted by Crippen LogP contribution is -2.52. The van der Waals surface area contributed by atoms with Crippen molar-refractivity contribution in [3.05, 3.63) is 54.0 Å². The van der Waals surface area contributed by atoms with Gasteiger partial charge in [0, 0.05) is 13.1 Å². The number of nitrogens with zero attached hydrogens (tertiary/aromatic N) is 1. The van der Waals surface area contributed by atoms with Crippen molar-refractivity contribution >= 4 is 23.4 Å². The molecule has 0 radical (unpaired) electrons. The minimum atomic E-state index is -0.602. The molecule has 1 fully saturated rings. The number of rotatable bonds is 7. The Morgan fingerprint density at radius 2 is 1.77 bits per heavy atom. The van der Waals surface area contributed by atoms with E-state index in [-0.39, 0.29) is 23.5 Å². The van der Waals surface area contributed by atoms with E-state index in [0.717, 1.165) is 38.8 Å². The van der Waals surface area contributed by atoms with Crippen LogP contribution in [0.4, 0.5) is 5.69 Å². The van der Waals surface area contributed by atoms with Gasteiger partial charge < -0.3 is 20.0 Å². The lowest BCUT2D eigenvalue weighted by atomic mass is 9.96. The Labute approximate surface area is 176 Å². The summed E-state index contributed by atoms with van der Waals surface area (Å²) in [5.41, 5.74) is 0.668. The smallest absolute Gasteiger partial charge is 0.291 e. The molecule has 0 bridgehead atoms. The van der Waals surface area contributed by atoms with Gasteiger partial charge in [0.2, 0.25) is 5.91 Å². The maximum Gasteiger partial charge on any atom is 0.291 e. The molecule has 2 atom stereocenters. The van der Waals surface area contributed by atoms with Gasteiger partial charge >= 0.3 is 0 Å². The molecule has 0 aliphatic carbocycles. The van der Waals surface area contributed by atoms with E-state index >= 15 is 0 Å². The quantitative estimate of drug-likeness (QED) is 0.727. The fourth-order valence-electron chi connectivity index (χ4n) is 3.59. The molecule has 1 aliphatic rings. The number of furan rings is 1. The summed E-state index contributed by atoms with van der Waals surface area (Å²) in [4.78, 5) is 40.4. The largest absolute Gasteiger partial charge is 0.459 e. The van der Waals surface area contributed by atoms with Crippen LogP contribution in [0.5, 0.6) is 0 Å². The van der Waals surface area contributed by atoms with Crippen LogP contribution in [0.25, 0.3) is 0 Å². The highest BCUT2D eigenvalue weighted by Crippen LogP contribution is 2.20. The minimum absolute atomic E-state index is 0.00625. The number of amides is 3. The molecular weight excluding hydrogens is 382 g/mol. The van der Waals surface area contributed by atoms with Crippen molar-refractivity contribution in [3.8, 4) is 0 Å². The summed E-state index contributed by atoms with van der Waals surface area (Å²) in [6.45, 7) is 5.44. The fraction of sp³-hybridized carbons (Fsp3) is 0.435. The molecule has 1 aromatic carbocycles. The number of hydrogen-bond acceptors (Lipinski definition) is 4. The van der Waals surface area contributed by atoms with E-state index in [1.54, 1.807) is 36.4 Å². The summed E-state index contributed by atoms with van der Waals surface area (Å²) >= 11 is 0. The van der Waals surface area contributed by atoms with Crippen LogP contribution in [0.2, 0.25) is 0 Å². The van der Waals surface area contributed by atoms with Crippen molar-refractivity contribution in [1.29, 1.82) is 0 Å². The second-order valence-electron chi connectivity index (χ2n) is 7.70. The molecule has 0 saturated carbocycles. The molecule has 2 aromatic rings. The van der Waals surface area contributed by atoms with Gasteiger partial charge in [-0.15, -0.1) is 0 Å². The molecule has 7 nitrogen and oxygen atoms in total. The zero-order chi connectivity index (χ0) is 21.5. The summed E-state index contributed by atoms with van der Waals surface area (Å²) in [5, 5.41) is 5.64. The van der Waals surface area contributed by atoms with Crippen LogP contribution in [-0.4, -0.2) is 41.8 Å². The van der Waals surface area contributed by atoms with Gasteiger partial charge in [-0.1, -0.05) is 32.4 Å². The molecule has 160 valence electrons. The maximum atomic E-state index is 13.1. The number of likely N-dealkylation sites (tertiary alicyclic amines) is 1. The summed E-state index contributed by atoms with van der Waals surface area (Å²) < 4.78 is 5.11. The first-order valence-electron chi connectivity index (χ1n) is 10.5. The molecule has 3 rings (SSSR count). The van der Waals surface area contributed by atoms with E-state index in [2.05, 4.69) is 10.6 Å². The number of carbonyl (C=O) groups is 3. The maximum absolute atomic E-state index is 13.1. The Kier molecular flexibility index (Phi) is 7.27. The fourth-order valence-corrected chi connectivity index (χ4v) is 3.59. The number of nitrogens with one attached hydrogen (secondary N) is 2. The van der Waals surface area contributed by atoms with Gasteiger partial charge in [-0.05, 0) is 49.4 Å². The second kappa shape index (κ2) is 10.1. The van der Waals surface area contributed by atoms with Crippen molar-refractivity contribution < 1.29 is 18.8 Å². The number of piperidine rings is 1. The molecule has 30 heavy (non-hydrogen) atoms. The Hall–Kier alpha value is -3.09. The average Bonchev–Trinajstić information content (AvgIpc) is 3.32. The van der Waals surface area contributed by atoms with E-state index in [9.17, 15) is 14.4 Å². The molecular formula is C23H29N3O4. The highest BCUT2D eigenvalue weighted by molar-refractivity contribution is 6.08. The van der Waals surface area contributed by atoms with E-state index in [4.69, 9.17) is 4.42 Å². The van der Waals surface area contributed by atoms with Gasteiger partial charge in [-0.3, -0.25) is 14.4 Å². The summed E-state index contributed by atoms with van der Waals surface area (Å²) in [6, 6.07) is 9.31. The third kappa shape index (κ3) is 5.09. The van der Waals surface area contributed by atoms with Crippen LogP contribution in [-0.2, 0) is 4.79 Å². The van der Waals surface area contributed by atoms with Crippen LogP contribution in [0.3, 0.4) is 0 Å². The molecule has 7 heteroatoms. The predicted octanol–water partition coefficient (Wildman–Crippen LogP) is 3.69. The van der Waals surface area contributed by atoms with Crippen molar-refractivity contribution in [2.24, 2.45) is 5.92 Å². The van der Waals surface area contributed by atoms with Gasteiger partial charge in [0.25, 0.3) is 11.8 Å². The minimum Gasteiger partial charge on any atom is -0.459 e. The van der Waals surface area contributed by atoms with Gasteiger partial charge in [0.05, 0.1) is 17.5 Å². The third-order valence-electron chi connectivity index (χ3n) is 5.60. The lowest BCUT2D eigenvalue weighted by Gasteiger charge is -2.33. The van der Waals surface area contributed by atoms with E-state index in [1.165, 1.54) is 6.26 Å². The molecule has 1 aliphatic heterocycles. The summed E-state index contributed by atoms with van der Waals surface area (Å²) in [5.74, 6) is -0.713. The van der Waals surface area contributed by atoms with Crippen molar-refractivity contribution in [1.82, 2.24) is 10.2 Å². The Morgan fingerprint density at radius 1 is 1.03 bits per heavy atom.